The number of rotatable bonds is 6. The number of nitrogens with one attached hydrogen (secondary N) is 3. The van der Waals surface area contributed by atoms with Gasteiger partial charge < -0.3 is 19.5 Å². The maximum absolute atomic E-state index is 12.1. The Labute approximate surface area is 157 Å². The van der Waals surface area contributed by atoms with Gasteiger partial charge in [0.15, 0.2) is 6.54 Å². The Hall–Kier alpha value is -1.53. The SMILES string of the molecule is O=C(C[NH+]1CC[NH+](Cc2c(Cl)cccc2Cl)CC1)NCc1ccco1. The van der Waals surface area contributed by atoms with Crippen molar-refractivity contribution in [3.8, 4) is 0 Å². The number of carbonyl (C=O) groups excluding carboxylic acids is 1. The van der Waals surface area contributed by atoms with Gasteiger partial charge in [0.05, 0.1) is 22.9 Å². The van der Waals surface area contributed by atoms with Crippen LogP contribution in [-0.2, 0) is 17.9 Å². The minimum Gasteiger partial charge on any atom is -0.467 e. The molecule has 0 unspecified atom stereocenters. The number of hydrogen-bond acceptors (Lipinski definition) is 2. The van der Waals surface area contributed by atoms with Gasteiger partial charge in [0.1, 0.15) is 38.5 Å². The van der Waals surface area contributed by atoms with Crippen molar-refractivity contribution in [2.75, 3.05) is 32.7 Å². The van der Waals surface area contributed by atoms with Crippen molar-refractivity contribution in [1.82, 2.24) is 5.32 Å². The summed E-state index contributed by atoms with van der Waals surface area (Å²) in [5, 5.41) is 4.36. The maximum atomic E-state index is 12.1. The lowest BCUT2D eigenvalue weighted by molar-refractivity contribution is -1.02. The molecule has 1 aromatic heterocycles. The van der Waals surface area contributed by atoms with E-state index in [0.29, 0.717) is 13.1 Å². The summed E-state index contributed by atoms with van der Waals surface area (Å²) in [6.07, 6.45) is 1.61. The first-order valence-corrected chi connectivity index (χ1v) is 9.26. The lowest BCUT2D eigenvalue weighted by atomic mass is 10.2. The molecule has 0 radical (unpaired) electrons. The zero-order valence-electron chi connectivity index (χ0n) is 14.0. The highest BCUT2D eigenvalue weighted by Crippen LogP contribution is 2.23. The summed E-state index contributed by atoms with van der Waals surface area (Å²) in [4.78, 5) is 14.8. The molecule has 0 spiro atoms. The summed E-state index contributed by atoms with van der Waals surface area (Å²) in [7, 11) is 0. The van der Waals surface area contributed by atoms with Gasteiger partial charge in [-0.1, -0.05) is 29.3 Å². The van der Waals surface area contributed by atoms with Gasteiger partial charge in [-0.3, -0.25) is 4.79 Å². The highest BCUT2D eigenvalue weighted by atomic mass is 35.5. The summed E-state index contributed by atoms with van der Waals surface area (Å²) in [6.45, 7) is 5.71. The molecule has 2 aromatic rings. The molecule has 1 fully saturated rings. The number of furan rings is 1. The fourth-order valence-corrected chi connectivity index (χ4v) is 3.68. The number of piperazine rings is 1. The first kappa shape index (κ1) is 18.3. The van der Waals surface area contributed by atoms with E-state index in [9.17, 15) is 4.79 Å². The topological polar surface area (TPSA) is 51.1 Å². The van der Waals surface area contributed by atoms with E-state index in [0.717, 1.165) is 54.1 Å². The predicted octanol–water partition coefficient (Wildman–Crippen LogP) is 0.186. The van der Waals surface area contributed by atoms with Gasteiger partial charge in [-0.15, -0.1) is 0 Å². The molecule has 5 nitrogen and oxygen atoms in total. The molecule has 1 aliphatic rings. The van der Waals surface area contributed by atoms with Crippen molar-refractivity contribution in [1.29, 1.82) is 0 Å². The van der Waals surface area contributed by atoms with Crippen molar-refractivity contribution in [3.05, 3.63) is 58.0 Å². The third kappa shape index (κ3) is 5.22. The van der Waals surface area contributed by atoms with Crippen molar-refractivity contribution in [3.63, 3.8) is 0 Å². The van der Waals surface area contributed by atoms with Gasteiger partial charge in [-0.2, -0.15) is 0 Å². The lowest BCUT2D eigenvalue weighted by Crippen LogP contribution is -3.28. The number of amides is 1. The first-order valence-electron chi connectivity index (χ1n) is 8.51. The zero-order valence-corrected chi connectivity index (χ0v) is 15.5. The third-order valence-corrected chi connectivity index (χ3v) is 5.31. The van der Waals surface area contributed by atoms with Gasteiger partial charge in [0.2, 0.25) is 0 Å². The Morgan fingerprint density at radius 2 is 1.72 bits per heavy atom. The minimum absolute atomic E-state index is 0.0593. The molecule has 1 aliphatic heterocycles. The van der Waals surface area contributed by atoms with E-state index in [-0.39, 0.29) is 5.91 Å². The number of halogens is 2. The second kappa shape index (κ2) is 8.72. The number of benzene rings is 1. The average Bonchev–Trinajstić information content (AvgIpc) is 3.12. The Morgan fingerprint density at radius 1 is 1.04 bits per heavy atom. The largest absolute Gasteiger partial charge is 0.467 e. The van der Waals surface area contributed by atoms with Crippen molar-refractivity contribution < 1.29 is 19.0 Å². The van der Waals surface area contributed by atoms with Crippen LogP contribution >= 0.6 is 23.2 Å². The molecule has 0 aliphatic carbocycles. The van der Waals surface area contributed by atoms with Crippen LogP contribution in [0.2, 0.25) is 10.0 Å². The van der Waals surface area contributed by atoms with E-state index >= 15 is 0 Å². The Kier molecular flexibility index (Phi) is 6.37. The summed E-state index contributed by atoms with van der Waals surface area (Å²) < 4.78 is 5.22. The van der Waals surface area contributed by atoms with E-state index < -0.39 is 0 Å². The molecule has 134 valence electrons. The molecule has 0 bridgehead atoms. The molecule has 1 amide bonds. The molecule has 0 saturated carbocycles. The van der Waals surface area contributed by atoms with Gasteiger partial charge in [0, 0.05) is 5.56 Å². The van der Waals surface area contributed by atoms with Gasteiger partial charge >= 0.3 is 0 Å². The van der Waals surface area contributed by atoms with Gasteiger partial charge in [-0.25, -0.2) is 0 Å². The van der Waals surface area contributed by atoms with E-state index in [1.807, 2.05) is 30.3 Å². The van der Waals surface area contributed by atoms with Crippen LogP contribution in [0.4, 0.5) is 0 Å². The molecule has 0 atom stereocenters. The van der Waals surface area contributed by atoms with Crippen molar-refractivity contribution >= 4 is 29.1 Å². The highest BCUT2D eigenvalue weighted by molar-refractivity contribution is 6.35. The minimum atomic E-state index is 0.0593. The van der Waals surface area contributed by atoms with Gasteiger partial charge in [-0.05, 0) is 24.3 Å². The van der Waals surface area contributed by atoms with Crippen LogP contribution in [0.25, 0.3) is 0 Å². The van der Waals surface area contributed by atoms with E-state index in [2.05, 4.69) is 5.32 Å². The zero-order chi connectivity index (χ0) is 17.6. The second-order valence-corrected chi connectivity index (χ2v) is 7.22. The van der Waals surface area contributed by atoms with Crippen molar-refractivity contribution in [2.45, 2.75) is 13.1 Å². The van der Waals surface area contributed by atoms with Crippen LogP contribution in [0.3, 0.4) is 0 Å². The fraction of sp³-hybridized carbons (Fsp3) is 0.389. The number of hydrogen-bond donors (Lipinski definition) is 3. The summed E-state index contributed by atoms with van der Waals surface area (Å²) in [5.74, 6) is 0.832. The molecular weight excluding hydrogens is 361 g/mol. The standard InChI is InChI=1S/C18H21Cl2N3O2/c19-16-4-1-5-17(20)15(16)12-22-6-8-23(9-7-22)13-18(24)21-11-14-3-2-10-25-14/h1-5,10H,6-9,11-13H2,(H,21,24)/p+2. The molecule has 2 heterocycles. The van der Waals surface area contributed by atoms with Crippen LogP contribution in [0.15, 0.2) is 41.0 Å². The van der Waals surface area contributed by atoms with Crippen molar-refractivity contribution in [2.24, 2.45) is 0 Å². The first-order chi connectivity index (χ1) is 12.1. The van der Waals surface area contributed by atoms with Crippen LogP contribution in [0.1, 0.15) is 11.3 Å². The van der Waals surface area contributed by atoms with E-state index in [1.54, 1.807) is 6.26 Å². The molecule has 7 heteroatoms. The predicted molar refractivity (Wildman–Crippen MR) is 97.0 cm³/mol. The maximum Gasteiger partial charge on any atom is 0.275 e. The summed E-state index contributed by atoms with van der Waals surface area (Å²) in [5.41, 5.74) is 1.01. The molecule has 3 N–H and O–H groups in total. The van der Waals surface area contributed by atoms with E-state index in [4.69, 9.17) is 27.6 Å². The smallest absolute Gasteiger partial charge is 0.275 e. The van der Waals surface area contributed by atoms with Crippen LogP contribution in [0.5, 0.6) is 0 Å². The van der Waals surface area contributed by atoms with Gasteiger partial charge in [0.25, 0.3) is 5.91 Å². The lowest BCUT2D eigenvalue weighted by Gasteiger charge is -2.29. The fourth-order valence-electron chi connectivity index (χ4n) is 3.15. The number of carbonyl (C=O) groups is 1. The average molecular weight is 384 g/mol. The van der Waals surface area contributed by atoms with Crippen LogP contribution in [0, 0.1) is 0 Å². The molecular formula is C18H23Cl2N3O2+2. The molecule has 1 aromatic carbocycles. The Bertz CT molecular complexity index is 678. The summed E-state index contributed by atoms with van der Waals surface area (Å²) >= 11 is 12.5. The summed E-state index contributed by atoms with van der Waals surface area (Å²) in [6, 6.07) is 9.31. The molecule has 1 saturated heterocycles. The number of quaternary nitrogens is 2. The van der Waals surface area contributed by atoms with E-state index in [1.165, 1.54) is 9.80 Å². The van der Waals surface area contributed by atoms with Crippen LogP contribution in [-0.4, -0.2) is 38.6 Å². The normalized spacial score (nSPS) is 20.4. The monoisotopic (exact) mass is 383 g/mol. The molecule has 3 rings (SSSR count). The Balaban J connectivity index is 1.42. The second-order valence-electron chi connectivity index (χ2n) is 6.41. The molecule has 25 heavy (non-hydrogen) atoms. The Morgan fingerprint density at radius 3 is 2.36 bits per heavy atom. The quantitative estimate of drug-likeness (QED) is 0.666. The van der Waals surface area contributed by atoms with Crippen LogP contribution < -0.4 is 15.1 Å². The third-order valence-electron chi connectivity index (χ3n) is 4.60. The highest BCUT2D eigenvalue weighted by Gasteiger charge is 2.25.